The number of carbonyl (C=O) groups is 3. The molecule has 6 rings (SSSR count). The monoisotopic (exact) mass is 661 g/mol. The molecule has 0 radical (unpaired) electrons. The fraction of sp³-hybridized carbons (Fsp3) is 0.919. The molecule has 0 aromatic rings. The van der Waals surface area contributed by atoms with E-state index in [1.807, 2.05) is 0 Å². The molecule has 2 spiro atoms. The van der Waals surface area contributed by atoms with Crippen LogP contribution in [0.5, 0.6) is 0 Å². The van der Waals surface area contributed by atoms with Gasteiger partial charge in [0.2, 0.25) is 17.5 Å². The lowest BCUT2D eigenvalue weighted by atomic mass is 9.42. The molecule has 10 heteroatoms. The van der Waals surface area contributed by atoms with Gasteiger partial charge in [-0.1, -0.05) is 34.1 Å². The molecule has 1 amide bonds. The van der Waals surface area contributed by atoms with E-state index in [9.17, 15) is 14.4 Å². The van der Waals surface area contributed by atoms with Crippen molar-refractivity contribution in [2.24, 2.45) is 46.3 Å². The molecular formula is C37H59NO9. The third-order valence-corrected chi connectivity index (χ3v) is 13.8. The van der Waals surface area contributed by atoms with Gasteiger partial charge in [-0.2, -0.15) is 19.6 Å². The Morgan fingerprint density at radius 3 is 2.19 bits per heavy atom. The summed E-state index contributed by atoms with van der Waals surface area (Å²) in [6.45, 7) is 12.8. The highest BCUT2D eigenvalue weighted by molar-refractivity contribution is 5.75. The van der Waals surface area contributed by atoms with Gasteiger partial charge >= 0.3 is 11.9 Å². The fourth-order valence-electron chi connectivity index (χ4n) is 11.4. The van der Waals surface area contributed by atoms with Gasteiger partial charge in [0, 0.05) is 63.8 Å². The van der Waals surface area contributed by atoms with Gasteiger partial charge in [-0.25, -0.2) is 0 Å². The van der Waals surface area contributed by atoms with Crippen molar-refractivity contribution >= 4 is 17.8 Å². The van der Waals surface area contributed by atoms with Gasteiger partial charge in [-0.15, -0.1) is 0 Å². The first-order chi connectivity index (χ1) is 22.3. The molecule has 1 saturated heterocycles. The molecule has 6 aliphatic rings. The summed E-state index contributed by atoms with van der Waals surface area (Å²) in [5.74, 6) is -0.935. The Kier molecular flexibility index (Phi) is 10.1. The quantitative estimate of drug-likeness (QED) is 0.218. The van der Waals surface area contributed by atoms with Crippen LogP contribution in [-0.4, -0.2) is 48.2 Å². The number of ether oxygens (including phenoxy) is 2. The number of nitrogens with one attached hydrogen (secondary N) is 1. The van der Waals surface area contributed by atoms with Gasteiger partial charge in [-0.05, 0) is 92.8 Å². The van der Waals surface area contributed by atoms with Crippen LogP contribution in [0, 0.1) is 46.3 Å². The number of carbonyl (C=O) groups excluding carboxylic acids is 3. The number of rotatable bonds is 8. The highest BCUT2D eigenvalue weighted by Gasteiger charge is 2.69. The van der Waals surface area contributed by atoms with E-state index < -0.39 is 11.6 Å². The van der Waals surface area contributed by atoms with Gasteiger partial charge < -0.3 is 14.8 Å². The van der Waals surface area contributed by atoms with E-state index in [0.717, 1.165) is 77.0 Å². The summed E-state index contributed by atoms with van der Waals surface area (Å²) in [6, 6.07) is 0. The second-order valence-electron chi connectivity index (χ2n) is 16.5. The summed E-state index contributed by atoms with van der Waals surface area (Å²) in [5, 5.41) is 3.02. The molecule has 0 unspecified atom stereocenters. The van der Waals surface area contributed by atoms with Crippen molar-refractivity contribution < 1.29 is 43.4 Å². The molecule has 0 aromatic carbocycles. The van der Waals surface area contributed by atoms with E-state index in [-0.39, 0.29) is 70.5 Å². The SMILES string of the molecule is CCCNC(=O)CC[C@@H](C)[C@H]1CC[C@H]2[C@@H]3[C@H](OC(C)=O)C[C@@H]4CC5(CC[C@]4(C)[C@H]3C[C@H](OC(C)=O)[C@]12C)OOC1(CCCCC1)OO5. The van der Waals surface area contributed by atoms with Crippen LogP contribution in [0.4, 0.5) is 0 Å². The molecule has 1 heterocycles. The standard InChI is InChI=1S/C37H59NO9/c1-7-19-38-32(41)14-11-23(2)27-12-13-28-33-29(21-31(35(27,28)6)43-25(4)40)34(5)17-18-37(22-26(34)20-30(33)42-24(3)39)46-44-36(45-47-37)15-9-8-10-16-36/h23,26-31,33H,7-22H2,1-6H3,(H,38,41)/t23-,26-,27-,28+,29+,30-,31+,33+,34+,35-/m1/s1. The van der Waals surface area contributed by atoms with Gasteiger partial charge in [0.05, 0.1) is 0 Å². The van der Waals surface area contributed by atoms with Crippen LogP contribution in [-0.2, 0) is 43.4 Å². The Morgan fingerprint density at radius 2 is 1.53 bits per heavy atom. The van der Waals surface area contributed by atoms with E-state index in [1.165, 1.54) is 13.8 Å². The van der Waals surface area contributed by atoms with Gasteiger partial charge in [-0.3, -0.25) is 14.4 Å². The van der Waals surface area contributed by atoms with Gasteiger partial charge in [0.15, 0.2) is 0 Å². The first kappa shape index (κ1) is 35.1. The van der Waals surface area contributed by atoms with Crippen molar-refractivity contribution in [3.63, 3.8) is 0 Å². The summed E-state index contributed by atoms with van der Waals surface area (Å²) in [4.78, 5) is 62.2. The minimum atomic E-state index is -0.990. The van der Waals surface area contributed by atoms with Crippen molar-refractivity contribution in [3.05, 3.63) is 0 Å². The second-order valence-corrected chi connectivity index (χ2v) is 16.5. The molecule has 266 valence electrons. The number of hydrogen-bond acceptors (Lipinski definition) is 9. The summed E-state index contributed by atoms with van der Waals surface area (Å²) < 4.78 is 12.6. The highest BCUT2D eigenvalue weighted by atomic mass is 17.4. The molecule has 6 fully saturated rings. The lowest BCUT2D eigenvalue weighted by Gasteiger charge is -2.65. The van der Waals surface area contributed by atoms with Crippen molar-refractivity contribution in [1.82, 2.24) is 5.32 Å². The molecular weight excluding hydrogens is 602 g/mol. The lowest BCUT2D eigenvalue weighted by molar-refractivity contribution is -0.665. The van der Waals surface area contributed by atoms with Crippen molar-refractivity contribution in [1.29, 1.82) is 0 Å². The van der Waals surface area contributed by atoms with E-state index in [0.29, 0.717) is 31.7 Å². The molecule has 1 N–H and O–H groups in total. The van der Waals surface area contributed by atoms with Crippen LogP contribution in [0.2, 0.25) is 0 Å². The molecule has 0 bridgehead atoms. The van der Waals surface area contributed by atoms with Crippen LogP contribution in [0.1, 0.15) is 138 Å². The number of fused-ring (bicyclic) bond motifs is 5. The van der Waals surface area contributed by atoms with E-state index in [4.69, 9.17) is 29.0 Å². The van der Waals surface area contributed by atoms with E-state index in [2.05, 4.69) is 33.0 Å². The zero-order valence-corrected chi connectivity index (χ0v) is 29.6. The Bertz CT molecular complexity index is 1160. The summed E-state index contributed by atoms with van der Waals surface area (Å²) >= 11 is 0. The predicted molar refractivity (Wildman–Crippen MR) is 172 cm³/mol. The van der Waals surface area contributed by atoms with E-state index >= 15 is 0 Å². The predicted octanol–water partition coefficient (Wildman–Crippen LogP) is 6.94. The van der Waals surface area contributed by atoms with Gasteiger partial charge in [0.1, 0.15) is 12.2 Å². The maximum atomic E-state index is 12.7. The number of hydrogen-bond donors (Lipinski definition) is 1. The summed E-state index contributed by atoms with van der Waals surface area (Å²) in [5.41, 5.74) is -0.380. The Labute approximate surface area is 280 Å². The highest BCUT2D eigenvalue weighted by Crippen LogP contribution is 2.70. The molecule has 1 aliphatic heterocycles. The minimum absolute atomic E-state index is 0.0972. The van der Waals surface area contributed by atoms with Crippen LogP contribution in [0.25, 0.3) is 0 Å². The lowest BCUT2D eigenvalue weighted by Crippen LogP contribution is -2.65. The minimum Gasteiger partial charge on any atom is -0.462 e. The maximum Gasteiger partial charge on any atom is 0.302 e. The molecule has 0 aromatic heterocycles. The molecule has 10 atom stereocenters. The second kappa shape index (κ2) is 13.5. The first-order valence-corrected chi connectivity index (χ1v) is 18.7. The summed E-state index contributed by atoms with van der Waals surface area (Å²) in [7, 11) is 0. The molecule has 47 heavy (non-hydrogen) atoms. The normalized spacial score (nSPS) is 40.9. The third kappa shape index (κ3) is 6.50. The van der Waals surface area contributed by atoms with Crippen molar-refractivity contribution in [2.75, 3.05) is 6.54 Å². The molecule has 5 aliphatic carbocycles. The van der Waals surface area contributed by atoms with Gasteiger partial charge in [0.25, 0.3) is 0 Å². The van der Waals surface area contributed by atoms with Crippen LogP contribution in [0.3, 0.4) is 0 Å². The molecule has 10 nitrogen and oxygen atoms in total. The smallest absolute Gasteiger partial charge is 0.302 e. The molecule has 5 saturated carbocycles. The van der Waals surface area contributed by atoms with Crippen LogP contribution >= 0.6 is 0 Å². The number of amides is 1. The summed E-state index contributed by atoms with van der Waals surface area (Å²) in [6.07, 6.45) is 11.9. The Balaban J connectivity index is 1.25. The Morgan fingerprint density at radius 1 is 0.851 bits per heavy atom. The average molecular weight is 662 g/mol. The van der Waals surface area contributed by atoms with Crippen molar-refractivity contribution in [2.45, 2.75) is 162 Å². The van der Waals surface area contributed by atoms with E-state index in [1.54, 1.807) is 0 Å². The fourth-order valence-corrected chi connectivity index (χ4v) is 11.4. The first-order valence-electron chi connectivity index (χ1n) is 18.7. The van der Waals surface area contributed by atoms with Crippen LogP contribution in [0.15, 0.2) is 0 Å². The van der Waals surface area contributed by atoms with Crippen molar-refractivity contribution in [3.8, 4) is 0 Å². The third-order valence-electron chi connectivity index (χ3n) is 13.8. The topological polar surface area (TPSA) is 119 Å². The zero-order chi connectivity index (χ0) is 33.6. The average Bonchev–Trinajstić information content (AvgIpc) is 3.40. The maximum absolute atomic E-state index is 12.7. The number of esters is 2. The zero-order valence-electron chi connectivity index (χ0n) is 29.6. The largest absolute Gasteiger partial charge is 0.462 e. The Hall–Kier alpha value is -1.75. The van der Waals surface area contributed by atoms with Crippen LogP contribution < -0.4 is 5.32 Å².